The second-order valence-electron chi connectivity index (χ2n) is 5.63. The molecule has 0 spiro atoms. The van der Waals surface area contributed by atoms with Crippen LogP contribution < -0.4 is 10.2 Å². The van der Waals surface area contributed by atoms with Crippen molar-refractivity contribution in [1.29, 1.82) is 0 Å². The van der Waals surface area contributed by atoms with Gasteiger partial charge in [0.2, 0.25) is 5.91 Å². The van der Waals surface area contributed by atoms with Crippen molar-refractivity contribution in [3.63, 3.8) is 0 Å². The highest BCUT2D eigenvalue weighted by atomic mass is 19.4. The molecule has 0 aromatic heterocycles. The number of nitrogens with one attached hydrogen (secondary N) is 1. The zero-order valence-corrected chi connectivity index (χ0v) is 15.2. The van der Waals surface area contributed by atoms with Gasteiger partial charge in [-0.1, -0.05) is 0 Å². The molecule has 2 rings (SSSR count). The molecule has 1 amide bonds. The van der Waals surface area contributed by atoms with Crippen molar-refractivity contribution in [1.82, 2.24) is 0 Å². The van der Waals surface area contributed by atoms with Crippen LogP contribution in [-0.4, -0.2) is 45.4 Å². The molecule has 8 nitrogen and oxygen atoms in total. The maximum atomic E-state index is 13.6. The summed E-state index contributed by atoms with van der Waals surface area (Å²) in [6.07, 6.45) is -4.83. The fourth-order valence-corrected chi connectivity index (χ4v) is 2.61. The number of anilines is 2. The van der Waals surface area contributed by atoms with Gasteiger partial charge >= 0.3 is 18.1 Å². The first-order valence-electron chi connectivity index (χ1n) is 7.84. The molecule has 0 saturated carbocycles. The first-order valence-corrected chi connectivity index (χ1v) is 7.84. The SMILES string of the molecule is COC(=O)C1=C(C(=O)OC)N(c2ccc(NC(C)=O)cc2C(F)(F)F)COC1. The number of rotatable bonds is 4. The Morgan fingerprint density at radius 3 is 2.32 bits per heavy atom. The third-order valence-corrected chi connectivity index (χ3v) is 3.75. The van der Waals surface area contributed by atoms with E-state index in [1.807, 2.05) is 0 Å². The molecule has 11 heteroatoms. The van der Waals surface area contributed by atoms with Crippen LogP contribution >= 0.6 is 0 Å². The predicted molar refractivity (Wildman–Crippen MR) is 90.1 cm³/mol. The van der Waals surface area contributed by atoms with Crippen molar-refractivity contribution in [3.8, 4) is 0 Å². The van der Waals surface area contributed by atoms with Gasteiger partial charge in [0.05, 0.1) is 37.7 Å². The molecule has 152 valence electrons. The number of benzene rings is 1. The highest BCUT2D eigenvalue weighted by Crippen LogP contribution is 2.40. The number of carbonyl (C=O) groups excluding carboxylic acids is 3. The Kier molecular flexibility index (Phi) is 6.29. The van der Waals surface area contributed by atoms with E-state index in [1.165, 1.54) is 6.07 Å². The minimum Gasteiger partial charge on any atom is -0.466 e. The van der Waals surface area contributed by atoms with E-state index in [2.05, 4.69) is 14.8 Å². The highest BCUT2D eigenvalue weighted by molar-refractivity contribution is 6.03. The lowest BCUT2D eigenvalue weighted by molar-refractivity contribution is -0.141. The number of amides is 1. The topological polar surface area (TPSA) is 94.2 Å². The molecule has 0 saturated heterocycles. The largest absolute Gasteiger partial charge is 0.466 e. The summed E-state index contributed by atoms with van der Waals surface area (Å²) in [5.74, 6) is -2.51. The summed E-state index contributed by atoms with van der Waals surface area (Å²) in [6, 6.07) is 3.01. The average Bonchev–Trinajstić information content (AvgIpc) is 2.65. The normalized spacial score (nSPS) is 14.6. The number of hydrogen-bond acceptors (Lipinski definition) is 7. The van der Waals surface area contributed by atoms with Crippen LogP contribution in [0.5, 0.6) is 0 Å². The summed E-state index contributed by atoms with van der Waals surface area (Å²) in [7, 11) is 2.09. The molecule has 0 unspecified atom stereocenters. The molecular weight excluding hydrogens is 385 g/mol. The van der Waals surface area contributed by atoms with Crippen molar-refractivity contribution in [2.75, 3.05) is 37.8 Å². The third-order valence-electron chi connectivity index (χ3n) is 3.75. The number of methoxy groups -OCH3 is 2. The van der Waals surface area contributed by atoms with Crippen LogP contribution in [0.3, 0.4) is 0 Å². The van der Waals surface area contributed by atoms with E-state index in [0.717, 1.165) is 38.2 Å². The molecule has 0 aliphatic carbocycles. The first kappa shape index (κ1) is 21.2. The molecule has 0 atom stereocenters. The van der Waals surface area contributed by atoms with Crippen molar-refractivity contribution in [2.24, 2.45) is 0 Å². The number of hydrogen-bond donors (Lipinski definition) is 1. The molecule has 1 aromatic carbocycles. The summed E-state index contributed by atoms with van der Waals surface area (Å²) in [4.78, 5) is 36.2. The molecule has 1 heterocycles. The van der Waals surface area contributed by atoms with E-state index in [1.54, 1.807) is 0 Å². The second kappa shape index (κ2) is 8.30. The summed E-state index contributed by atoms with van der Waals surface area (Å²) < 4.78 is 55.3. The number of ether oxygens (including phenoxy) is 3. The van der Waals surface area contributed by atoms with Gasteiger partial charge in [-0.3, -0.25) is 4.79 Å². The van der Waals surface area contributed by atoms with Crippen LogP contribution in [0, 0.1) is 0 Å². The van der Waals surface area contributed by atoms with E-state index in [0.29, 0.717) is 0 Å². The standard InChI is InChI=1S/C17H17F3N2O6/c1-9(23)21-10-4-5-13(12(6-10)17(18,19)20)22-8-28-7-11(15(24)26-2)14(22)16(25)27-3/h4-6H,7-8H2,1-3H3,(H,21,23). The molecule has 0 radical (unpaired) electrons. The third kappa shape index (κ3) is 4.42. The van der Waals surface area contributed by atoms with Gasteiger partial charge in [-0.15, -0.1) is 0 Å². The van der Waals surface area contributed by atoms with E-state index >= 15 is 0 Å². The zero-order valence-electron chi connectivity index (χ0n) is 15.2. The smallest absolute Gasteiger partial charge is 0.418 e. The highest BCUT2D eigenvalue weighted by Gasteiger charge is 2.39. The van der Waals surface area contributed by atoms with Gasteiger partial charge in [-0.05, 0) is 18.2 Å². The van der Waals surface area contributed by atoms with Gasteiger partial charge in [0.15, 0.2) is 0 Å². The van der Waals surface area contributed by atoms with Crippen molar-refractivity contribution in [2.45, 2.75) is 13.1 Å². The number of carbonyl (C=O) groups is 3. The summed E-state index contributed by atoms with van der Waals surface area (Å²) in [5, 5.41) is 2.26. The lowest BCUT2D eigenvalue weighted by atomic mass is 10.1. The Morgan fingerprint density at radius 2 is 1.79 bits per heavy atom. The Hall–Kier alpha value is -3.08. The van der Waals surface area contributed by atoms with Crippen molar-refractivity contribution in [3.05, 3.63) is 35.0 Å². The first-order chi connectivity index (χ1) is 13.1. The Balaban J connectivity index is 2.68. The zero-order chi connectivity index (χ0) is 21.1. The van der Waals surface area contributed by atoms with Gasteiger partial charge in [-0.25, -0.2) is 9.59 Å². The Morgan fingerprint density at radius 1 is 1.14 bits per heavy atom. The van der Waals surface area contributed by atoms with Gasteiger partial charge in [0.1, 0.15) is 12.4 Å². The van der Waals surface area contributed by atoms with Gasteiger partial charge in [-0.2, -0.15) is 13.2 Å². The molecule has 0 bridgehead atoms. The molecule has 1 aliphatic heterocycles. The molecule has 1 N–H and O–H groups in total. The van der Waals surface area contributed by atoms with Gasteiger partial charge < -0.3 is 24.4 Å². The quantitative estimate of drug-likeness (QED) is 0.771. The lowest BCUT2D eigenvalue weighted by Gasteiger charge is -2.33. The fourth-order valence-electron chi connectivity index (χ4n) is 2.61. The van der Waals surface area contributed by atoms with Crippen LogP contribution in [0.1, 0.15) is 12.5 Å². The van der Waals surface area contributed by atoms with Gasteiger partial charge in [0, 0.05) is 12.6 Å². The number of alkyl halides is 3. The number of nitrogens with zero attached hydrogens (tertiary/aromatic N) is 1. The van der Waals surface area contributed by atoms with E-state index in [-0.39, 0.29) is 17.9 Å². The second-order valence-corrected chi connectivity index (χ2v) is 5.63. The lowest BCUT2D eigenvalue weighted by Crippen LogP contribution is -2.39. The number of esters is 2. The maximum Gasteiger partial charge on any atom is 0.418 e. The average molecular weight is 402 g/mol. The van der Waals surface area contributed by atoms with Gasteiger partial charge in [0.25, 0.3) is 0 Å². The van der Waals surface area contributed by atoms with Crippen LogP contribution in [-0.2, 0) is 34.8 Å². The monoisotopic (exact) mass is 402 g/mol. The number of halogens is 3. The summed E-state index contributed by atoms with van der Waals surface area (Å²) in [5.41, 5.74) is -2.38. The summed E-state index contributed by atoms with van der Waals surface area (Å²) >= 11 is 0. The molecule has 28 heavy (non-hydrogen) atoms. The molecule has 0 fully saturated rings. The molecule has 1 aromatic rings. The summed E-state index contributed by atoms with van der Waals surface area (Å²) in [6.45, 7) is 0.382. The molecule has 1 aliphatic rings. The van der Waals surface area contributed by atoms with E-state index in [4.69, 9.17) is 4.74 Å². The Bertz CT molecular complexity index is 835. The van der Waals surface area contributed by atoms with Crippen LogP contribution in [0.25, 0.3) is 0 Å². The predicted octanol–water partition coefficient (Wildman–Crippen LogP) is 2.06. The van der Waals surface area contributed by atoms with Crippen molar-refractivity contribution < 1.29 is 41.8 Å². The van der Waals surface area contributed by atoms with Crippen molar-refractivity contribution >= 4 is 29.2 Å². The van der Waals surface area contributed by atoms with Crippen LogP contribution in [0.2, 0.25) is 0 Å². The molecular formula is C17H17F3N2O6. The van der Waals surface area contributed by atoms with E-state index in [9.17, 15) is 27.6 Å². The van der Waals surface area contributed by atoms with E-state index < -0.39 is 47.7 Å². The fraction of sp³-hybridized carbons (Fsp3) is 0.353. The minimum atomic E-state index is -4.83. The van der Waals surface area contributed by atoms with Crippen LogP contribution in [0.15, 0.2) is 29.5 Å². The minimum absolute atomic E-state index is 0.0849. The maximum absolute atomic E-state index is 13.6. The van der Waals surface area contributed by atoms with Crippen LogP contribution in [0.4, 0.5) is 24.5 Å². The Labute approximate surface area is 157 Å².